The molecule has 152 valence electrons. The molecule has 30 heavy (non-hydrogen) atoms. The fraction of sp³-hybridized carbons (Fsp3) is 0.353. The van der Waals surface area contributed by atoms with Crippen LogP contribution >= 0.6 is 7.82 Å². The molecule has 13 heteroatoms. The van der Waals surface area contributed by atoms with Crippen LogP contribution < -0.4 is 35.3 Å². The van der Waals surface area contributed by atoms with Gasteiger partial charge in [0.25, 0.3) is 0 Å². The van der Waals surface area contributed by atoms with Gasteiger partial charge in [0.2, 0.25) is 0 Å². The van der Waals surface area contributed by atoms with E-state index in [9.17, 15) is 9.46 Å². The molecule has 2 aliphatic rings. The molecule has 2 saturated heterocycles. The van der Waals surface area contributed by atoms with Crippen molar-refractivity contribution in [1.82, 2.24) is 19.5 Å². The first-order valence-corrected chi connectivity index (χ1v) is 10.4. The summed E-state index contributed by atoms with van der Waals surface area (Å²) >= 11 is 0. The van der Waals surface area contributed by atoms with Gasteiger partial charge in [-0.1, -0.05) is 30.3 Å². The molecule has 5 atom stereocenters. The molecule has 3 N–H and O–H groups in total. The molecule has 3 aromatic rings. The van der Waals surface area contributed by atoms with Gasteiger partial charge in [-0.15, -0.1) is 0 Å². The molecule has 1 aromatic carbocycles. The molecule has 0 aliphatic carbocycles. The molecule has 4 heterocycles. The first-order valence-electron chi connectivity index (χ1n) is 8.91. The van der Waals surface area contributed by atoms with Crippen LogP contribution in [0.15, 0.2) is 43.0 Å². The fourth-order valence-corrected chi connectivity index (χ4v) is 4.51. The van der Waals surface area contributed by atoms with Crippen molar-refractivity contribution < 1.29 is 57.5 Å². The van der Waals surface area contributed by atoms with Crippen molar-refractivity contribution in [3.63, 3.8) is 0 Å². The summed E-state index contributed by atoms with van der Waals surface area (Å²) in [5.74, 6) is 0.241. The third-order valence-corrected chi connectivity index (χ3v) is 5.87. The van der Waals surface area contributed by atoms with E-state index in [4.69, 9.17) is 24.3 Å². The number of hydrogen-bond acceptors (Lipinski definition) is 9. The van der Waals surface area contributed by atoms with Crippen LogP contribution in [0.5, 0.6) is 0 Å². The van der Waals surface area contributed by atoms with Crippen LogP contribution in [-0.2, 0) is 29.7 Å². The standard InChI is InChI=1S/C17H18N5O6P.Na/c18-15-12-16(20-8-19-15)22(9-21-12)17-14(25-6-10-4-2-1-3-5-10)13-11(27-17)7-26-29(23,24)28-13;/h1-5,8-9,11,13-14,17H,6-7H2,(H,23,24)(H2,18,19,20);/q;+1. The smallest absolute Gasteiger partial charge is 0.382 e. The number of nitrogens with two attached hydrogens (primary N) is 1. The summed E-state index contributed by atoms with van der Waals surface area (Å²) in [5.41, 5.74) is 7.71. The van der Waals surface area contributed by atoms with Gasteiger partial charge >= 0.3 is 37.4 Å². The van der Waals surface area contributed by atoms with Gasteiger partial charge in [0.05, 0.1) is 19.5 Å². The van der Waals surface area contributed by atoms with Crippen LogP contribution in [0.25, 0.3) is 11.2 Å². The van der Waals surface area contributed by atoms with Gasteiger partial charge in [-0.2, -0.15) is 0 Å². The second kappa shape index (κ2) is 8.62. The van der Waals surface area contributed by atoms with Gasteiger partial charge in [-0.05, 0) is 5.56 Å². The predicted molar refractivity (Wildman–Crippen MR) is 99.3 cm³/mol. The van der Waals surface area contributed by atoms with Gasteiger partial charge < -0.3 is 20.1 Å². The number of nitrogen functional groups attached to an aromatic ring is 1. The van der Waals surface area contributed by atoms with E-state index in [1.807, 2.05) is 30.3 Å². The van der Waals surface area contributed by atoms with E-state index in [0.717, 1.165) is 5.56 Å². The zero-order valence-electron chi connectivity index (χ0n) is 16.1. The Kier molecular flexibility index (Phi) is 6.27. The Morgan fingerprint density at radius 2 is 2.07 bits per heavy atom. The fourth-order valence-electron chi connectivity index (χ4n) is 3.55. The summed E-state index contributed by atoms with van der Waals surface area (Å²) in [6.07, 6.45) is 0.0410. The first-order chi connectivity index (χ1) is 14.0. The van der Waals surface area contributed by atoms with E-state index in [-0.39, 0.29) is 48.6 Å². The minimum absolute atomic E-state index is 0. The van der Waals surface area contributed by atoms with E-state index in [1.54, 1.807) is 4.57 Å². The summed E-state index contributed by atoms with van der Waals surface area (Å²) in [7, 11) is -4.18. The summed E-state index contributed by atoms with van der Waals surface area (Å²) in [6, 6.07) is 9.56. The molecule has 0 amide bonds. The molecule has 0 saturated carbocycles. The van der Waals surface area contributed by atoms with Gasteiger partial charge in [-0.3, -0.25) is 13.6 Å². The quantitative estimate of drug-likeness (QED) is 0.359. The second-order valence-electron chi connectivity index (χ2n) is 6.74. The number of anilines is 1. The van der Waals surface area contributed by atoms with Crippen LogP contribution in [-0.4, -0.2) is 49.3 Å². The van der Waals surface area contributed by atoms with Crippen LogP contribution in [0.1, 0.15) is 11.8 Å². The Morgan fingerprint density at radius 1 is 1.27 bits per heavy atom. The van der Waals surface area contributed by atoms with Crippen LogP contribution in [0.4, 0.5) is 5.82 Å². The number of rotatable bonds is 4. The van der Waals surface area contributed by atoms with Crippen molar-refractivity contribution in [1.29, 1.82) is 0 Å². The van der Waals surface area contributed by atoms with Crippen molar-refractivity contribution >= 4 is 24.8 Å². The number of phosphoric ester groups is 1. The maximum atomic E-state index is 12.0. The average Bonchev–Trinajstić information content (AvgIpc) is 3.28. The SMILES string of the molecule is Nc1ncnc2c1ncn2C1OC2COP(=O)(O)OC2C1OCc1ccccc1.[Na+]. The number of hydrogen-bond donors (Lipinski definition) is 2. The Morgan fingerprint density at radius 3 is 2.87 bits per heavy atom. The van der Waals surface area contributed by atoms with Gasteiger partial charge in [0.15, 0.2) is 17.7 Å². The molecule has 5 unspecified atom stereocenters. The molecule has 0 bridgehead atoms. The monoisotopic (exact) mass is 442 g/mol. The third-order valence-electron chi connectivity index (χ3n) is 4.89. The molecular formula is C17H18N5NaO6P+. The molecule has 0 spiro atoms. The number of fused-ring (bicyclic) bond motifs is 2. The van der Waals surface area contributed by atoms with Crippen LogP contribution in [0.3, 0.4) is 0 Å². The van der Waals surface area contributed by atoms with E-state index < -0.39 is 32.4 Å². The van der Waals surface area contributed by atoms with Crippen molar-refractivity contribution in [2.24, 2.45) is 0 Å². The van der Waals surface area contributed by atoms with Gasteiger partial charge in [-0.25, -0.2) is 19.5 Å². The number of ether oxygens (including phenoxy) is 2. The Balaban J connectivity index is 0.00000218. The Labute approximate surface area is 193 Å². The zero-order chi connectivity index (χ0) is 20.0. The van der Waals surface area contributed by atoms with Crippen LogP contribution in [0.2, 0.25) is 0 Å². The maximum absolute atomic E-state index is 12.0. The topological polar surface area (TPSA) is 144 Å². The van der Waals surface area contributed by atoms with Crippen molar-refractivity contribution in [3.05, 3.63) is 48.5 Å². The molecule has 11 nitrogen and oxygen atoms in total. The van der Waals surface area contributed by atoms with Crippen molar-refractivity contribution in [2.75, 3.05) is 12.3 Å². The average molecular weight is 442 g/mol. The molecule has 2 fully saturated rings. The molecule has 5 rings (SSSR count). The number of nitrogens with zero attached hydrogens (tertiary/aromatic N) is 4. The number of benzene rings is 1. The second-order valence-corrected chi connectivity index (χ2v) is 8.15. The number of phosphoric acid groups is 1. The maximum Gasteiger partial charge on any atom is 1.00 e. The van der Waals surface area contributed by atoms with Crippen molar-refractivity contribution in [2.45, 2.75) is 31.1 Å². The van der Waals surface area contributed by atoms with E-state index >= 15 is 0 Å². The molecular weight excluding hydrogens is 424 g/mol. The van der Waals surface area contributed by atoms with E-state index in [0.29, 0.717) is 11.2 Å². The molecule has 2 aliphatic heterocycles. The predicted octanol–water partition coefficient (Wildman–Crippen LogP) is -1.59. The minimum atomic E-state index is -4.18. The summed E-state index contributed by atoms with van der Waals surface area (Å²) in [6.45, 7) is 0.169. The Bertz CT molecular complexity index is 1080. The molecule has 2 aromatic heterocycles. The summed E-state index contributed by atoms with van der Waals surface area (Å²) < 4.78 is 36.0. The number of aromatic nitrogens is 4. The van der Waals surface area contributed by atoms with Crippen LogP contribution in [0, 0.1) is 0 Å². The Hall–Kier alpha value is -1.40. The first kappa shape index (κ1) is 21.8. The summed E-state index contributed by atoms with van der Waals surface area (Å²) in [5, 5.41) is 0. The van der Waals surface area contributed by atoms with Gasteiger partial charge in [0.1, 0.15) is 30.2 Å². The largest absolute Gasteiger partial charge is 1.00 e. The zero-order valence-corrected chi connectivity index (χ0v) is 19.0. The minimum Gasteiger partial charge on any atom is -0.382 e. The summed E-state index contributed by atoms with van der Waals surface area (Å²) in [4.78, 5) is 22.2. The normalized spacial score (nSPS) is 30.7. The van der Waals surface area contributed by atoms with Crippen molar-refractivity contribution in [3.8, 4) is 0 Å². The number of imidazole rings is 1. The van der Waals surface area contributed by atoms with Gasteiger partial charge in [0, 0.05) is 0 Å². The van der Waals surface area contributed by atoms with E-state index in [2.05, 4.69) is 15.0 Å². The van der Waals surface area contributed by atoms with E-state index in [1.165, 1.54) is 12.7 Å². The third kappa shape index (κ3) is 4.05. The molecule has 0 radical (unpaired) electrons.